The lowest BCUT2D eigenvalue weighted by molar-refractivity contribution is -0.572. The standard InChI is InChI=1S/C54H53N5O/c1-52(2,3)32-36-24-25-56-51(26-36)59-47-22-18-38(37-14-11-10-12-15-37)27-46(47)45-21-20-43(31-49(45)59)60-44-30-42(33-55-34-44)58-35-57(41-17-13-16-39(28-41)53(4,5)6)50-29-40(54(7,8)9)19-23-48(50)58/h10-31,33-34H,32H2,1-9H3/i32D2. The van der Waals surface area contributed by atoms with Gasteiger partial charge in [-0.3, -0.25) is 18.7 Å². The third kappa shape index (κ3) is 7.59. The Labute approximate surface area is 356 Å². The molecule has 6 nitrogen and oxygen atoms in total. The van der Waals surface area contributed by atoms with Gasteiger partial charge in [0, 0.05) is 32.0 Å². The van der Waals surface area contributed by atoms with Crippen molar-refractivity contribution in [2.24, 2.45) is 5.41 Å². The molecule has 6 heteroatoms. The summed E-state index contributed by atoms with van der Waals surface area (Å²) in [5.74, 6) is 1.85. The predicted molar refractivity (Wildman–Crippen MR) is 246 cm³/mol. The molecule has 0 bridgehead atoms. The summed E-state index contributed by atoms with van der Waals surface area (Å²) in [5, 5.41) is 2.10. The lowest BCUT2D eigenvalue weighted by Gasteiger charge is -2.21. The Bertz CT molecular complexity index is 3140. The predicted octanol–water partition coefficient (Wildman–Crippen LogP) is 13.2. The van der Waals surface area contributed by atoms with Crippen molar-refractivity contribution in [2.75, 3.05) is 0 Å². The number of rotatable bonds is 7. The molecule has 0 unspecified atom stereocenters. The summed E-state index contributed by atoms with van der Waals surface area (Å²) < 4.78 is 31.2. The van der Waals surface area contributed by atoms with Crippen LogP contribution in [0.2, 0.25) is 0 Å². The Morgan fingerprint density at radius 3 is 2.17 bits per heavy atom. The van der Waals surface area contributed by atoms with Crippen molar-refractivity contribution in [3.8, 4) is 39.8 Å². The molecule has 0 aliphatic rings. The first-order valence-electron chi connectivity index (χ1n) is 21.7. The van der Waals surface area contributed by atoms with E-state index >= 15 is 0 Å². The van der Waals surface area contributed by atoms with Gasteiger partial charge in [0.25, 0.3) is 6.33 Å². The number of fused-ring (bicyclic) bond motifs is 4. The monoisotopic (exact) mass is 789 g/mol. The summed E-state index contributed by atoms with van der Waals surface area (Å²) >= 11 is 0. The lowest BCUT2D eigenvalue weighted by atomic mass is 9.86. The molecule has 0 atom stereocenters. The van der Waals surface area contributed by atoms with Crippen molar-refractivity contribution >= 4 is 32.8 Å². The summed E-state index contributed by atoms with van der Waals surface area (Å²) in [7, 11) is 0. The number of benzene rings is 5. The highest BCUT2D eigenvalue weighted by Crippen LogP contribution is 2.38. The Morgan fingerprint density at radius 2 is 1.40 bits per heavy atom. The molecule has 0 saturated heterocycles. The van der Waals surface area contributed by atoms with Gasteiger partial charge in [0.1, 0.15) is 17.3 Å². The number of hydrogen-bond donors (Lipinski definition) is 0. The van der Waals surface area contributed by atoms with E-state index in [1.165, 1.54) is 11.1 Å². The minimum Gasteiger partial charge on any atom is -0.456 e. The molecule has 9 rings (SSSR count). The highest BCUT2D eigenvalue weighted by molar-refractivity contribution is 6.10. The molecule has 300 valence electrons. The van der Waals surface area contributed by atoms with E-state index in [0.717, 1.165) is 55.3 Å². The maximum absolute atomic E-state index is 9.08. The molecular weight excluding hydrogens is 735 g/mol. The van der Waals surface area contributed by atoms with Gasteiger partial charge in [-0.05, 0) is 111 Å². The summed E-state index contributed by atoms with van der Waals surface area (Å²) in [6.45, 7) is 19.2. The summed E-state index contributed by atoms with van der Waals surface area (Å²) in [5.41, 5.74) is 10.4. The van der Waals surface area contributed by atoms with Crippen LogP contribution < -0.4 is 9.30 Å². The fourth-order valence-corrected chi connectivity index (χ4v) is 7.97. The molecule has 9 aromatic rings. The van der Waals surface area contributed by atoms with Crippen LogP contribution in [0.1, 0.15) is 81.7 Å². The first-order valence-corrected chi connectivity index (χ1v) is 20.7. The first-order chi connectivity index (χ1) is 29.4. The molecule has 0 spiro atoms. The van der Waals surface area contributed by atoms with E-state index in [2.05, 4.69) is 158 Å². The molecule has 0 amide bonds. The Hall–Kier alpha value is -6.53. The molecule has 0 saturated carbocycles. The molecule has 0 aliphatic carbocycles. The van der Waals surface area contributed by atoms with Gasteiger partial charge in [-0.15, -0.1) is 0 Å². The van der Waals surface area contributed by atoms with E-state index in [1.807, 2.05) is 57.3 Å². The fourth-order valence-electron chi connectivity index (χ4n) is 7.97. The average Bonchev–Trinajstić information content (AvgIpc) is 3.78. The van der Waals surface area contributed by atoms with Gasteiger partial charge in [0.15, 0.2) is 0 Å². The van der Waals surface area contributed by atoms with Crippen LogP contribution in [0.4, 0.5) is 0 Å². The van der Waals surface area contributed by atoms with Gasteiger partial charge in [0.05, 0.1) is 39.6 Å². The average molecular weight is 790 g/mol. The molecule has 5 aromatic carbocycles. The number of nitrogens with zero attached hydrogens (tertiary/aromatic N) is 5. The van der Waals surface area contributed by atoms with E-state index < -0.39 is 11.8 Å². The summed E-state index contributed by atoms with van der Waals surface area (Å²) in [6.07, 6.45) is 7.37. The van der Waals surface area contributed by atoms with Gasteiger partial charge in [-0.25, -0.2) is 4.98 Å². The minimum absolute atomic E-state index is 0.00776. The maximum Gasteiger partial charge on any atom is 0.269 e. The van der Waals surface area contributed by atoms with E-state index in [4.69, 9.17) is 12.5 Å². The number of aromatic nitrogens is 5. The van der Waals surface area contributed by atoms with E-state index in [0.29, 0.717) is 22.9 Å². The fraction of sp³-hybridized carbons (Fsp3) is 0.241. The third-order valence-corrected chi connectivity index (χ3v) is 11.0. The Kier molecular flexibility index (Phi) is 8.91. The van der Waals surface area contributed by atoms with Crippen molar-refractivity contribution in [2.45, 2.75) is 79.5 Å². The van der Waals surface area contributed by atoms with Gasteiger partial charge in [0.2, 0.25) is 0 Å². The van der Waals surface area contributed by atoms with Crippen LogP contribution >= 0.6 is 0 Å². The van der Waals surface area contributed by atoms with Crippen LogP contribution in [0.25, 0.3) is 61.2 Å². The van der Waals surface area contributed by atoms with E-state index in [9.17, 15) is 0 Å². The quantitative estimate of drug-likeness (QED) is 0.119. The van der Waals surface area contributed by atoms with Gasteiger partial charge < -0.3 is 4.74 Å². The van der Waals surface area contributed by atoms with Crippen LogP contribution in [0.5, 0.6) is 11.5 Å². The second-order valence-corrected chi connectivity index (χ2v) is 18.9. The Morgan fingerprint density at radius 1 is 0.633 bits per heavy atom. The second-order valence-electron chi connectivity index (χ2n) is 18.9. The topological polar surface area (TPSA) is 48.8 Å². The van der Waals surface area contributed by atoms with Crippen molar-refractivity contribution < 1.29 is 12.0 Å². The zero-order chi connectivity index (χ0) is 43.8. The molecule has 0 N–H and O–H groups in total. The summed E-state index contributed by atoms with van der Waals surface area (Å²) in [4.78, 5) is 9.51. The highest BCUT2D eigenvalue weighted by Gasteiger charge is 2.22. The molecule has 4 aromatic heterocycles. The number of imidazole rings is 1. The lowest BCUT2D eigenvalue weighted by Crippen LogP contribution is -2.30. The molecule has 0 radical (unpaired) electrons. The molecular formula is C54H53N5O. The largest absolute Gasteiger partial charge is 0.456 e. The number of ether oxygens (including phenoxy) is 1. The number of hydrogen-bond acceptors (Lipinski definition) is 3. The van der Waals surface area contributed by atoms with Crippen molar-refractivity contribution in [3.63, 3.8) is 0 Å². The SMILES string of the molecule is [2H]C([2H])(c1ccnc(-n2c3ccc(-c4ccccc4)cc3c3ccc(Oc4cncc(-n5[c-][n+](-c6cccc(C(C)(C)C)c6)c6cc(C(C)(C)C)ccc65)c4)cc32)c1)C(C)(C)C. The maximum atomic E-state index is 9.08. The Balaban J connectivity index is 1.16. The van der Waals surface area contributed by atoms with Crippen molar-refractivity contribution in [3.05, 3.63) is 169 Å². The smallest absolute Gasteiger partial charge is 0.269 e. The van der Waals surface area contributed by atoms with Crippen LogP contribution in [0.15, 0.2) is 146 Å². The van der Waals surface area contributed by atoms with Crippen LogP contribution in [0, 0.1) is 11.7 Å². The normalized spacial score (nSPS) is 13.2. The van der Waals surface area contributed by atoms with Gasteiger partial charge >= 0.3 is 0 Å². The summed E-state index contributed by atoms with van der Waals surface area (Å²) in [6, 6.07) is 44.0. The van der Waals surface area contributed by atoms with Crippen LogP contribution in [-0.4, -0.2) is 19.1 Å². The molecule has 0 fully saturated rings. The molecule has 60 heavy (non-hydrogen) atoms. The molecule has 0 aliphatic heterocycles. The highest BCUT2D eigenvalue weighted by atomic mass is 16.5. The van der Waals surface area contributed by atoms with Crippen molar-refractivity contribution in [1.29, 1.82) is 0 Å². The number of pyridine rings is 2. The zero-order valence-electron chi connectivity index (χ0n) is 38.0. The van der Waals surface area contributed by atoms with E-state index in [-0.39, 0.29) is 10.8 Å². The first kappa shape index (κ1) is 36.5. The van der Waals surface area contributed by atoms with Gasteiger partial charge in [-0.2, -0.15) is 0 Å². The van der Waals surface area contributed by atoms with Gasteiger partial charge in [-0.1, -0.05) is 123 Å². The third-order valence-electron chi connectivity index (χ3n) is 11.0. The second kappa shape index (κ2) is 14.6. The van der Waals surface area contributed by atoms with E-state index in [1.54, 1.807) is 18.5 Å². The molecule has 4 heterocycles. The minimum atomic E-state index is -1.59. The van der Waals surface area contributed by atoms with Crippen LogP contribution in [0.3, 0.4) is 0 Å². The zero-order valence-corrected chi connectivity index (χ0v) is 36.0. The van der Waals surface area contributed by atoms with Crippen LogP contribution in [-0.2, 0) is 17.2 Å². The van der Waals surface area contributed by atoms with Crippen molar-refractivity contribution in [1.82, 2.24) is 19.1 Å².